The average molecular weight is 771 g/mol. The predicted molar refractivity (Wildman–Crippen MR) is 251 cm³/mol. The van der Waals surface area contributed by atoms with Crippen LogP contribution in [-0.2, 0) is 0 Å². The summed E-state index contributed by atoms with van der Waals surface area (Å²) in [4.78, 5) is 12.5. The van der Waals surface area contributed by atoms with Gasteiger partial charge in [0.1, 0.15) is 22.8 Å². The third-order valence-electron chi connectivity index (χ3n) is 11.2. The first-order chi connectivity index (χ1) is 29.8. The van der Waals surface area contributed by atoms with Gasteiger partial charge in [-0.15, -0.1) is 0 Å². The first-order valence-corrected chi connectivity index (χ1v) is 20.2. The van der Waals surface area contributed by atoms with E-state index in [1.807, 2.05) is 6.07 Å². The molecule has 0 spiro atoms. The molecule has 0 aliphatic heterocycles. The second kappa shape index (κ2) is 15.0. The molecule has 2 heterocycles. The molecule has 2 aromatic heterocycles. The number of rotatable bonds is 9. The third kappa shape index (κ3) is 6.17. The van der Waals surface area contributed by atoms with E-state index in [4.69, 9.17) is 9.40 Å². The minimum atomic E-state index is 0.760. The molecule has 0 aliphatic carbocycles. The monoisotopic (exact) mass is 770 g/mol. The Kier molecular flexibility index (Phi) is 8.75. The summed E-state index contributed by atoms with van der Waals surface area (Å²) in [5.74, 6) is 1.53. The molecule has 60 heavy (non-hydrogen) atoms. The number of aromatic nitrogens is 1. The van der Waals surface area contributed by atoms with Gasteiger partial charge < -0.3 is 9.32 Å². The van der Waals surface area contributed by atoms with Crippen LogP contribution in [0.2, 0.25) is 0 Å². The van der Waals surface area contributed by atoms with Gasteiger partial charge in [0.15, 0.2) is 0 Å². The summed E-state index contributed by atoms with van der Waals surface area (Å²) < 4.78 is 6.66. The lowest BCUT2D eigenvalue weighted by molar-refractivity contribution is 0.673. The lowest BCUT2D eigenvalue weighted by Gasteiger charge is -2.32. The minimum absolute atomic E-state index is 0.760. The SMILES string of the molecule is c1ccc(N(c2ccccc2)c2cc(N(c3ccccc3)c3ccccc3)nc(N(c3ccccc3)c3ccc4c5ccccc5c5oc6ccccc6c5c4c3)c2)cc1. The van der Waals surface area contributed by atoms with Gasteiger partial charge in [-0.2, -0.15) is 0 Å². The van der Waals surface area contributed by atoms with Gasteiger partial charge in [-0.25, -0.2) is 4.98 Å². The number of hydrogen-bond donors (Lipinski definition) is 0. The van der Waals surface area contributed by atoms with E-state index in [9.17, 15) is 0 Å². The van der Waals surface area contributed by atoms with Crippen LogP contribution in [0.3, 0.4) is 0 Å². The van der Waals surface area contributed by atoms with E-state index in [0.29, 0.717) is 0 Å². The largest absolute Gasteiger partial charge is 0.455 e. The number of anilines is 9. The van der Waals surface area contributed by atoms with Crippen molar-refractivity contribution in [2.75, 3.05) is 14.7 Å². The summed E-state index contributed by atoms with van der Waals surface area (Å²) in [6.07, 6.45) is 0. The van der Waals surface area contributed by atoms with Gasteiger partial charge in [0.2, 0.25) is 0 Å². The van der Waals surface area contributed by atoms with Crippen molar-refractivity contribution in [3.05, 3.63) is 231 Å². The lowest BCUT2D eigenvalue weighted by atomic mass is 9.96. The maximum atomic E-state index is 6.66. The van der Waals surface area contributed by atoms with Crippen molar-refractivity contribution >= 4 is 94.9 Å². The highest BCUT2D eigenvalue weighted by Gasteiger charge is 2.24. The summed E-state index contributed by atoms with van der Waals surface area (Å²) >= 11 is 0. The normalized spacial score (nSPS) is 11.3. The molecular formula is C55H38N4O. The number of pyridine rings is 1. The van der Waals surface area contributed by atoms with Crippen molar-refractivity contribution in [1.82, 2.24) is 4.98 Å². The van der Waals surface area contributed by atoms with Crippen LogP contribution >= 0.6 is 0 Å². The van der Waals surface area contributed by atoms with Crippen LogP contribution < -0.4 is 14.7 Å². The van der Waals surface area contributed by atoms with Gasteiger partial charge in [-0.3, -0.25) is 9.80 Å². The van der Waals surface area contributed by atoms with Crippen LogP contribution in [0.5, 0.6) is 0 Å². The van der Waals surface area contributed by atoms with Gasteiger partial charge in [0, 0.05) is 62.4 Å². The molecule has 5 nitrogen and oxygen atoms in total. The quantitative estimate of drug-likeness (QED) is 0.137. The molecular weight excluding hydrogens is 733 g/mol. The number of benzene rings is 9. The lowest BCUT2D eigenvalue weighted by Crippen LogP contribution is -2.18. The average Bonchev–Trinajstić information content (AvgIpc) is 3.72. The van der Waals surface area contributed by atoms with Crippen molar-refractivity contribution in [3.63, 3.8) is 0 Å². The van der Waals surface area contributed by atoms with E-state index in [0.717, 1.165) is 89.5 Å². The number of fused-ring (bicyclic) bond motifs is 8. The number of para-hydroxylation sites is 6. The molecule has 0 bridgehead atoms. The van der Waals surface area contributed by atoms with E-state index < -0.39 is 0 Å². The second-order valence-corrected chi connectivity index (χ2v) is 14.8. The minimum Gasteiger partial charge on any atom is -0.455 e. The van der Waals surface area contributed by atoms with Crippen LogP contribution in [0.25, 0.3) is 43.5 Å². The predicted octanol–water partition coefficient (Wildman–Crippen LogP) is 15.7. The Morgan fingerprint density at radius 1 is 0.283 bits per heavy atom. The fraction of sp³-hybridized carbons (Fsp3) is 0. The summed E-state index contributed by atoms with van der Waals surface area (Å²) in [7, 11) is 0. The molecule has 0 fully saturated rings. The Morgan fingerprint density at radius 2 is 0.683 bits per heavy atom. The van der Waals surface area contributed by atoms with Gasteiger partial charge in [-0.1, -0.05) is 140 Å². The van der Waals surface area contributed by atoms with Crippen LogP contribution in [-0.4, -0.2) is 4.98 Å². The Hall–Kier alpha value is -8.15. The molecule has 0 atom stereocenters. The van der Waals surface area contributed by atoms with Crippen molar-refractivity contribution in [2.45, 2.75) is 0 Å². The molecule has 5 heteroatoms. The van der Waals surface area contributed by atoms with Gasteiger partial charge in [-0.05, 0) is 95.0 Å². The van der Waals surface area contributed by atoms with Crippen molar-refractivity contribution in [2.24, 2.45) is 0 Å². The highest BCUT2D eigenvalue weighted by atomic mass is 16.3. The summed E-state index contributed by atoms with van der Waals surface area (Å²) in [5, 5.41) is 6.75. The first kappa shape index (κ1) is 35.0. The van der Waals surface area contributed by atoms with Gasteiger partial charge >= 0.3 is 0 Å². The van der Waals surface area contributed by atoms with E-state index in [1.165, 1.54) is 5.39 Å². The summed E-state index contributed by atoms with van der Waals surface area (Å²) in [6.45, 7) is 0. The number of nitrogens with zero attached hydrogens (tertiary/aromatic N) is 4. The van der Waals surface area contributed by atoms with Crippen molar-refractivity contribution in [1.29, 1.82) is 0 Å². The Morgan fingerprint density at radius 3 is 1.20 bits per heavy atom. The molecule has 11 aromatic rings. The Labute approximate surface area is 348 Å². The Bertz CT molecular complexity index is 3080. The van der Waals surface area contributed by atoms with Gasteiger partial charge in [0.25, 0.3) is 0 Å². The van der Waals surface area contributed by atoms with Crippen molar-refractivity contribution < 1.29 is 4.42 Å². The molecule has 0 saturated heterocycles. The highest BCUT2D eigenvalue weighted by molar-refractivity contribution is 6.30. The topological polar surface area (TPSA) is 35.8 Å². The molecule has 0 aliphatic rings. The summed E-state index contributed by atoms with van der Waals surface area (Å²) in [6, 6.07) is 80.7. The van der Waals surface area contributed by atoms with Crippen LogP contribution in [0.1, 0.15) is 0 Å². The fourth-order valence-electron chi connectivity index (χ4n) is 8.54. The first-order valence-electron chi connectivity index (χ1n) is 20.2. The van der Waals surface area contributed by atoms with Crippen LogP contribution in [0, 0.1) is 0 Å². The standard InChI is InChI=1S/C55H38N4O/c1-6-20-39(21-7-1)57(40-22-8-2-9-23-40)45-37-52(58(41-24-10-3-11-25-41)42-26-12-4-13-27-42)56-53(38-45)59(43-28-14-5-15-29-43)44-34-35-47-46-30-16-17-31-48(46)55-54(50(47)36-44)49-32-18-19-33-51(49)60-55/h1-38H. The molecule has 0 N–H and O–H groups in total. The summed E-state index contributed by atoms with van der Waals surface area (Å²) in [5.41, 5.74) is 8.77. The molecule has 0 amide bonds. The number of furan rings is 1. The molecule has 0 saturated carbocycles. The smallest absolute Gasteiger partial charge is 0.143 e. The van der Waals surface area contributed by atoms with E-state index in [-0.39, 0.29) is 0 Å². The van der Waals surface area contributed by atoms with Crippen LogP contribution in [0.15, 0.2) is 235 Å². The molecule has 9 aromatic carbocycles. The molecule has 0 unspecified atom stereocenters. The fourth-order valence-corrected chi connectivity index (χ4v) is 8.54. The number of hydrogen-bond acceptors (Lipinski definition) is 5. The molecule has 0 radical (unpaired) electrons. The van der Waals surface area contributed by atoms with E-state index >= 15 is 0 Å². The van der Waals surface area contributed by atoms with Crippen molar-refractivity contribution in [3.8, 4) is 0 Å². The highest BCUT2D eigenvalue weighted by Crippen LogP contribution is 2.46. The zero-order chi connectivity index (χ0) is 39.8. The second-order valence-electron chi connectivity index (χ2n) is 14.8. The zero-order valence-corrected chi connectivity index (χ0v) is 32.6. The maximum absolute atomic E-state index is 6.66. The van der Waals surface area contributed by atoms with E-state index in [2.05, 4.69) is 239 Å². The molecule has 284 valence electrons. The maximum Gasteiger partial charge on any atom is 0.143 e. The zero-order valence-electron chi connectivity index (χ0n) is 32.6. The van der Waals surface area contributed by atoms with Crippen LogP contribution in [0.4, 0.5) is 51.4 Å². The van der Waals surface area contributed by atoms with Gasteiger partial charge in [0.05, 0.1) is 5.69 Å². The third-order valence-corrected chi connectivity index (χ3v) is 11.2. The Balaban J connectivity index is 1.22. The molecule has 11 rings (SSSR count). The van der Waals surface area contributed by atoms with E-state index in [1.54, 1.807) is 0 Å².